The van der Waals surface area contributed by atoms with Crippen LogP contribution >= 0.6 is 0 Å². The summed E-state index contributed by atoms with van der Waals surface area (Å²) in [6.45, 7) is 1.39. The van der Waals surface area contributed by atoms with Gasteiger partial charge in [-0.3, -0.25) is 4.79 Å². The number of ketones is 1. The van der Waals surface area contributed by atoms with Crippen LogP contribution in [0.5, 0.6) is 0 Å². The number of Topliss-reactive ketones (excluding diaryl/α,β-unsaturated/α-hetero) is 1. The van der Waals surface area contributed by atoms with E-state index in [9.17, 15) is 4.79 Å². The molecular formula is C25H30N2O2. The number of hydrogen-bond donors (Lipinski definition) is 0. The van der Waals surface area contributed by atoms with Crippen molar-refractivity contribution in [1.29, 1.82) is 0 Å². The van der Waals surface area contributed by atoms with Crippen LogP contribution in [0.2, 0.25) is 0 Å². The van der Waals surface area contributed by atoms with E-state index < -0.39 is 0 Å². The number of allylic oxidation sites excluding steroid dienone is 1. The van der Waals surface area contributed by atoms with Crippen molar-refractivity contribution in [2.75, 3.05) is 27.7 Å². The van der Waals surface area contributed by atoms with Gasteiger partial charge in [0.05, 0.1) is 12.6 Å². The summed E-state index contributed by atoms with van der Waals surface area (Å²) in [6, 6.07) is 8.58. The van der Waals surface area contributed by atoms with Gasteiger partial charge in [0.25, 0.3) is 0 Å². The lowest BCUT2D eigenvalue weighted by Gasteiger charge is -2.18. The third-order valence-corrected chi connectivity index (χ3v) is 5.92. The molecule has 0 saturated heterocycles. The van der Waals surface area contributed by atoms with Gasteiger partial charge in [0, 0.05) is 31.8 Å². The van der Waals surface area contributed by atoms with E-state index in [-0.39, 0.29) is 6.10 Å². The summed E-state index contributed by atoms with van der Waals surface area (Å²) in [4.78, 5) is 14.7. The Labute approximate surface area is 173 Å². The SMILES string of the molecule is COC1C=Cc2c(c(C3=Cc4ccccc4C3)cn2CC(=O)CCCN(C)C)C1. The molecule has 1 heterocycles. The van der Waals surface area contributed by atoms with Crippen LogP contribution in [0.4, 0.5) is 0 Å². The molecule has 2 aromatic rings. The predicted octanol–water partition coefficient (Wildman–Crippen LogP) is 4.08. The standard InChI is InChI=1S/C25H30N2O2/c1-26(2)12-6-9-21(28)16-27-17-24(23-15-22(29-3)10-11-25(23)27)20-13-18-7-4-5-8-19(18)14-20/h4-5,7-8,10-11,13,17,22H,6,9,12,14-16H2,1-3H3. The summed E-state index contributed by atoms with van der Waals surface area (Å²) < 4.78 is 7.75. The minimum atomic E-state index is 0.0947. The number of hydrogen-bond acceptors (Lipinski definition) is 3. The highest BCUT2D eigenvalue weighted by atomic mass is 16.5. The van der Waals surface area contributed by atoms with Crippen LogP contribution in [-0.2, 0) is 28.9 Å². The lowest BCUT2D eigenvalue weighted by atomic mass is 9.94. The highest BCUT2D eigenvalue weighted by Crippen LogP contribution is 2.37. The molecule has 1 aromatic carbocycles. The fourth-order valence-corrected chi connectivity index (χ4v) is 4.38. The average molecular weight is 391 g/mol. The van der Waals surface area contributed by atoms with Gasteiger partial charge in [-0.05, 0) is 67.4 Å². The molecular weight excluding hydrogens is 360 g/mol. The third kappa shape index (κ3) is 4.29. The van der Waals surface area contributed by atoms with E-state index in [4.69, 9.17) is 4.74 Å². The highest BCUT2D eigenvalue weighted by Gasteiger charge is 2.25. The Hall–Kier alpha value is -2.43. The first-order valence-corrected chi connectivity index (χ1v) is 10.4. The summed E-state index contributed by atoms with van der Waals surface area (Å²) in [5.41, 5.74) is 7.75. The molecule has 2 aliphatic carbocycles. The maximum absolute atomic E-state index is 12.6. The zero-order valence-electron chi connectivity index (χ0n) is 17.6. The van der Waals surface area contributed by atoms with Gasteiger partial charge in [-0.1, -0.05) is 36.4 Å². The maximum Gasteiger partial charge on any atom is 0.152 e. The molecule has 4 nitrogen and oxygen atoms in total. The van der Waals surface area contributed by atoms with Crippen molar-refractivity contribution in [3.63, 3.8) is 0 Å². The molecule has 2 aliphatic rings. The molecule has 0 radical (unpaired) electrons. The highest BCUT2D eigenvalue weighted by molar-refractivity contribution is 5.90. The molecule has 0 N–H and O–H groups in total. The molecule has 1 aromatic heterocycles. The van der Waals surface area contributed by atoms with E-state index in [0.717, 1.165) is 31.5 Å². The van der Waals surface area contributed by atoms with Gasteiger partial charge in [0.1, 0.15) is 0 Å². The number of rotatable bonds is 8. The first-order valence-electron chi connectivity index (χ1n) is 10.4. The number of benzene rings is 1. The van der Waals surface area contributed by atoms with E-state index in [2.05, 4.69) is 58.2 Å². The summed E-state index contributed by atoms with van der Waals surface area (Å²) in [5, 5.41) is 0. The van der Waals surface area contributed by atoms with Gasteiger partial charge < -0.3 is 14.2 Å². The van der Waals surface area contributed by atoms with Crippen molar-refractivity contribution in [2.24, 2.45) is 0 Å². The Kier molecular flexibility index (Phi) is 5.84. The zero-order valence-corrected chi connectivity index (χ0v) is 17.6. The summed E-state index contributed by atoms with van der Waals surface area (Å²) in [6.07, 6.45) is 12.2. The number of carbonyl (C=O) groups is 1. The Morgan fingerprint density at radius 1 is 1.28 bits per heavy atom. The van der Waals surface area contributed by atoms with Crippen molar-refractivity contribution >= 4 is 23.5 Å². The monoisotopic (exact) mass is 390 g/mol. The predicted molar refractivity (Wildman–Crippen MR) is 119 cm³/mol. The first kappa shape index (κ1) is 19.9. The molecule has 4 rings (SSSR count). The summed E-state index contributed by atoms with van der Waals surface area (Å²) >= 11 is 0. The van der Waals surface area contributed by atoms with E-state index in [1.807, 2.05) is 14.1 Å². The van der Waals surface area contributed by atoms with Gasteiger partial charge in [0.15, 0.2) is 5.78 Å². The second kappa shape index (κ2) is 8.52. The van der Waals surface area contributed by atoms with Gasteiger partial charge in [-0.25, -0.2) is 0 Å². The number of nitrogens with zero attached hydrogens (tertiary/aromatic N) is 2. The van der Waals surface area contributed by atoms with Gasteiger partial charge in [-0.2, -0.15) is 0 Å². The Bertz CT molecular complexity index is 965. The molecule has 0 saturated carbocycles. The van der Waals surface area contributed by atoms with Crippen LogP contribution in [0.15, 0.2) is 36.5 Å². The number of fused-ring (bicyclic) bond motifs is 2. The third-order valence-electron chi connectivity index (χ3n) is 5.92. The number of methoxy groups -OCH3 is 1. The fraction of sp³-hybridized carbons (Fsp3) is 0.400. The maximum atomic E-state index is 12.6. The van der Waals surface area contributed by atoms with Crippen LogP contribution in [-0.4, -0.2) is 49.1 Å². The van der Waals surface area contributed by atoms with Crippen LogP contribution < -0.4 is 0 Å². The molecule has 1 unspecified atom stereocenters. The van der Waals surface area contributed by atoms with Crippen molar-refractivity contribution < 1.29 is 9.53 Å². The van der Waals surface area contributed by atoms with E-state index in [1.54, 1.807) is 7.11 Å². The number of carbonyl (C=O) groups excluding carboxylic acids is 1. The topological polar surface area (TPSA) is 34.5 Å². The molecule has 152 valence electrons. The quantitative estimate of drug-likeness (QED) is 0.681. The Morgan fingerprint density at radius 2 is 2.10 bits per heavy atom. The minimum absolute atomic E-state index is 0.0947. The largest absolute Gasteiger partial charge is 0.377 e. The van der Waals surface area contributed by atoms with Crippen molar-refractivity contribution in [2.45, 2.75) is 38.3 Å². The zero-order chi connectivity index (χ0) is 20.4. The normalized spacial score (nSPS) is 17.4. The summed E-state index contributed by atoms with van der Waals surface area (Å²) in [5.74, 6) is 0.294. The lowest BCUT2D eigenvalue weighted by molar-refractivity contribution is -0.119. The minimum Gasteiger partial charge on any atom is -0.377 e. The van der Waals surface area contributed by atoms with Crippen LogP contribution in [0.3, 0.4) is 0 Å². The molecule has 0 aliphatic heterocycles. The second-order valence-corrected chi connectivity index (χ2v) is 8.36. The van der Waals surface area contributed by atoms with Gasteiger partial charge in [-0.15, -0.1) is 0 Å². The van der Waals surface area contributed by atoms with Crippen molar-refractivity contribution in [3.8, 4) is 0 Å². The van der Waals surface area contributed by atoms with Crippen molar-refractivity contribution in [1.82, 2.24) is 9.47 Å². The van der Waals surface area contributed by atoms with E-state index in [0.29, 0.717) is 18.7 Å². The smallest absolute Gasteiger partial charge is 0.152 e. The Morgan fingerprint density at radius 3 is 2.86 bits per heavy atom. The number of ether oxygens (including phenoxy) is 1. The summed E-state index contributed by atoms with van der Waals surface area (Å²) in [7, 11) is 5.85. The average Bonchev–Trinajstić information content (AvgIpc) is 3.28. The van der Waals surface area contributed by atoms with Crippen molar-refractivity contribution in [3.05, 3.63) is 64.5 Å². The van der Waals surface area contributed by atoms with E-state index >= 15 is 0 Å². The molecule has 1 atom stereocenters. The fourth-order valence-electron chi connectivity index (χ4n) is 4.38. The molecule has 29 heavy (non-hydrogen) atoms. The molecule has 0 amide bonds. The first-order chi connectivity index (χ1) is 14.0. The van der Waals surface area contributed by atoms with Crippen LogP contribution in [0, 0.1) is 0 Å². The second-order valence-electron chi connectivity index (χ2n) is 8.36. The Balaban J connectivity index is 1.60. The van der Waals surface area contributed by atoms with E-state index in [1.165, 1.54) is 27.8 Å². The molecule has 4 heteroatoms. The molecule has 0 spiro atoms. The van der Waals surface area contributed by atoms with Gasteiger partial charge in [0.2, 0.25) is 0 Å². The van der Waals surface area contributed by atoms with Gasteiger partial charge >= 0.3 is 0 Å². The van der Waals surface area contributed by atoms with Crippen LogP contribution in [0.25, 0.3) is 17.7 Å². The molecule has 0 fully saturated rings. The lowest BCUT2D eigenvalue weighted by Crippen LogP contribution is -2.18. The number of aromatic nitrogens is 1. The molecule has 0 bridgehead atoms. The van der Waals surface area contributed by atoms with Crippen LogP contribution in [0.1, 0.15) is 40.8 Å².